The van der Waals surface area contributed by atoms with Crippen molar-refractivity contribution in [2.75, 3.05) is 26.2 Å². The monoisotopic (exact) mass is 345 g/mol. The Morgan fingerprint density at radius 1 is 1.46 bits per heavy atom. The summed E-state index contributed by atoms with van der Waals surface area (Å²) in [5.41, 5.74) is 1.94. The van der Waals surface area contributed by atoms with E-state index in [-0.39, 0.29) is 18.6 Å². The van der Waals surface area contributed by atoms with Gasteiger partial charge in [-0.25, -0.2) is 0 Å². The minimum atomic E-state index is -0.0281. The van der Waals surface area contributed by atoms with Crippen molar-refractivity contribution < 1.29 is 9.53 Å². The summed E-state index contributed by atoms with van der Waals surface area (Å²) in [5, 5.41) is 3.99. The molecule has 2 aromatic rings. The van der Waals surface area contributed by atoms with Gasteiger partial charge < -0.3 is 15.0 Å². The molecule has 24 heavy (non-hydrogen) atoms. The van der Waals surface area contributed by atoms with Crippen LogP contribution < -0.4 is 10.1 Å². The predicted molar refractivity (Wildman–Crippen MR) is 93.2 cm³/mol. The van der Waals surface area contributed by atoms with Gasteiger partial charge in [-0.1, -0.05) is 17.7 Å². The minimum absolute atomic E-state index is 0.0131. The van der Waals surface area contributed by atoms with Crippen LogP contribution in [-0.4, -0.2) is 42.0 Å². The number of hydrogen-bond donors (Lipinski definition) is 1. The molecule has 126 valence electrons. The number of nitrogens with zero attached hydrogens (tertiary/aromatic N) is 2. The van der Waals surface area contributed by atoms with E-state index in [4.69, 9.17) is 16.3 Å². The van der Waals surface area contributed by atoms with Crippen molar-refractivity contribution in [1.82, 2.24) is 15.2 Å². The molecular weight excluding hydrogens is 326 g/mol. The molecule has 6 heteroatoms. The predicted octanol–water partition coefficient (Wildman–Crippen LogP) is 2.60. The molecule has 1 aromatic carbocycles. The molecule has 1 atom stereocenters. The third kappa shape index (κ3) is 3.86. The van der Waals surface area contributed by atoms with Crippen LogP contribution in [0.25, 0.3) is 0 Å². The van der Waals surface area contributed by atoms with Crippen molar-refractivity contribution in [3.63, 3.8) is 0 Å². The number of nitrogens with one attached hydrogen (secondary N) is 1. The van der Waals surface area contributed by atoms with E-state index >= 15 is 0 Å². The summed E-state index contributed by atoms with van der Waals surface area (Å²) >= 11 is 5.94. The molecular formula is C18H20ClN3O2. The van der Waals surface area contributed by atoms with Gasteiger partial charge in [0.25, 0.3) is 5.91 Å². The number of piperazine rings is 1. The van der Waals surface area contributed by atoms with Gasteiger partial charge in [-0.05, 0) is 42.3 Å². The van der Waals surface area contributed by atoms with Crippen molar-refractivity contribution in [3.8, 4) is 5.75 Å². The molecule has 1 saturated heterocycles. The molecule has 1 aliphatic rings. The summed E-state index contributed by atoms with van der Waals surface area (Å²) < 4.78 is 5.71. The lowest BCUT2D eigenvalue weighted by Crippen LogP contribution is -2.50. The highest BCUT2D eigenvalue weighted by Crippen LogP contribution is 2.24. The second-order valence-corrected chi connectivity index (χ2v) is 6.23. The van der Waals surface area contributed by atoms with Crippen LogP contribution in [0, 0.1) is 6.92 Å². The number of pyridine rings is 1. The topological polar surface area (TPSA) is 54.5 Å². The smallest absolute Gasteiger partial charge is 0.261 e. The molecule has 3 rings (SSSR count). The second-order valence-electron chi connectivity index (χ2n) is 5.79. The maximum absolute atomic E-state index is 12.7. The number of benzene rings is 1. The number of rotatable bonds is 4. The van der Waals surface area contributed by atoms with E-state index in [1.54, 1.807) is 18.3 Å². The van der Waals surface area contributed by atoms with E-state index in [1.807, 2.05) is 36.2 Å². The van der Waals surface area contributed by atoms with E-state index in [0.29, 0.717) is 17.3 Å². The third-order valence-electron chi connectivity index (χ3n) is 4.12. The van der Waals surface area contributed by atoms with Gasteiger partial charge in [0.2, 0.25) is 0 Å². The molecule has 1 N–H and O–H groups in total. The largest absolute Gasteiger partial charge is 0.483 e. The first-order valence-corrected chi connectivity index (χ1v) is 8.32. The Morgan fingerprint density at radius 3 is 3.08 bits per heavy atom. The van der Waals surface area contributed by atoms with Crippen LogP contribution in [0.2, 0.25) is 5.02 Å². The zero-order chi connectivity index (χ0) is 16.9. The standard InChI is InChI=1S/C18H20ClN3O2/c1-13-9-15(19)4-5-17(13)24-12-18(23)22-8-7-21-11-16(22)14-3-2-6-20-10-14/h2-6,9-10,16,21H,7-8,11-12H2,1H3. The summed E-state index contributed by atoms with van der Waals surface area (Å²) in [6.45, 7) is 4.08. The lowest BCUT2D eigenvalue weighted by Gasteiger charge is -2.36. The number of ether oxygens (including phenoxy) is 1. The Bertz CT molecular complexity index is 709. The first-order valence-electron chi connectivity index (χ1n) is 7.94. The maximum Gasteiger partial charge on any atom is 0.261 e. The Labute approximate surface area is 146 Å². The van der Waals surface area contributed by atoms with E-state index < -0.39 is 0 Å². The van der Waals surface area contributed by atoms with Crippen LogP contribution in [0.3, 0.4) is 0 Å². The molecule has 0 aliphatic carbocycles. The Hall–Kier alpha value is -2.11. The number of aromatic nitrogens is 1. The van der Waals surface area contributed by atoms with Gasteiger partial charge in [0, 0.05) is 37.1 Å². The van der Waals surface area contributed by atoms with Crippen molar-refractivity contribution in [1.29, 1.82) is 0 Å². The van der Waals surface area contributed by atoms with Gasteiger partial charge >= 0.3 is 0 Å². The van der Waals surface area contributed by atoms with Crippen molar-refractivity contribution in [2.24, 2.45) is 0 Å². The van der Waals surface area contributed by atoms with E-state index in [1.165, 1.54) is 0 Å². The first kappa shape index (κ1) is 16.7. The summed E-state index contributed by atoms with van der Waals surface area (Å²) in [5.74, 6) is 0.653. The zero-order valence-electron chi connectivity index (χ0n) is 13.5. The molecule has 1 fully saturated rings. The maximum atomic E-state index is 12.7. The molecule has 1 amide bonds. The van der Waals surface area contributed by atoms with E-state index in [0.717, 1.165) is 24.2 Å². The molecule has 1 aromatic heterocycles. The lowest BCUT2D eigenvalue weighted by molar-refractivity contribution is -0.136. The number of halogens is 1. The zero-order valence-corrected chi connectivity index (χ0v) is 14.3. The quantitative estimate of drug-likeness (QED) is 0.925. The van der Waals surface area contributed by atoms with Crippen molar-refractivity contribution >= 4 is 17.5 Å². The Balaban J connectivity index is 1.68. The van der Waals surface area contributed by atoms with Gasteiger partial charge in [0.15, 0.2) is 6.61 Å². The van der Waals surface area contributed by atoms with E-state index in [9.17, 15) is 4.79 Å². The van der Waals surface area contributed by atoms with E-state index in [2.05, 4.69) is 10.3 Å². The third-order valence-corrected chi connectivity index (χ3v) is 4.36. The molecule has 0 spiro atoms. The number of aryl methyl sites for hydroxylation is 1. The summed E-state index contributed by atoms with van der Waals surface area (Å²) in [6.07, 6.45) is 3.54. The number of amides is 1. The van der Waals surface area contributed by atoms with Crippen LogP contribution in [-0.2, 0) is 4.79 Å². The highest BCUT2D eigenvalue weighted by molar-refractivity contribution is 6.30. The average molecular weight is 346 g/mol. The van der Waals surface area contributed by atoms with Gasteiger partial charge in [-0.15, -0.1) is 0 Å². The molecule has 1 unspecified atom stereocenters. The fraction of sp³-hybridized carbons (Fsp3) is 0.333. The van der Waals surface area contributed by atoms with Gasteiger partial charge in [0.1, 0.15) is 5.75 Å². The van der Waals surface area contributed by atoms with Crippen LogP contribution in [0.1, 0.15) is 17.2 Å². The normalized spacial score (nSPS) is 17.6. The number of hydrogen-bond acceptors (Lipinski definition) is 4. The second kappa shape index (κ2) is 7.64. The van der Waals surface area contributed by atoms with Crippen molar-refractivity contribution in [2.45, 2.75) is 13.0 Å². The molecule has 0 saturated carbocycles. The highest BCUT2D eigenvalue weighted by atomic mass is 35.5. The SMILES string of the molecule is Cc1cc(Cl)ccc1OCC(=O)N1CCNCC1c1cccnc1. The van der Waals surface area contributed by atoms with Crippen LogP contribution in [0.15, 0.2) is 42.7 Å². The average Bonchev–Trinajstić information content (AvgIpc) is 2.61. The molecule has 2 heterocycles. The van der Waals surface area contributed by atoms with Gasteiger partial charge in [0.05, 0.1) is 6.04 Å². The van der Waals surface area contributed by atoms with Crippen LogP contribution in [0.5, 0.6) is 5.75 Å². The summed E-state index contributed by atoms with van der Waals surface area (Å²) in [6, 6.07) is 9.24. The fourth-order valence-electron chi connectivity index (χ4n) is 2.87. The minimum Gasteiger partial charge on any atom is -0.483 e. The Morgan fingerprint density at radius 2 is 2.33 bits per heavy atom. The number of carbonyl (C=O) groups is 1. The molecule has 0 bridgehead atoms. The summed E-state index contributed by atoms with van der Waals surface area (Å²) in [4.78, 5) is 18.7. The molecule has 1 aliphatic heterocycles. The molecule has 0 radical (unpaired) electrons. The first-order chi connectivity index (χ1) is 11.6. The number of carbonyl (C=O) groups excluding carboxylic acids is 1. The van der Waals surface area contributed by atoms with Crippen molar-refractivity contribution in [3.05, 3.63) is 58.9 Å². The molecule has 5 nitrogen and oxygen atoms in total. The van der Waals surface area contributed by atoms with Crippen LogP contribution in [0.4, 0.5) is 0 Å². The lowest BCUT2D eigenvalue weighted by atomic mass is 10.1. The Kier molecular flexibility index (Phi) is 5.33. The van der Waals surface area contributed by atoms with Gasteiger partial charge in [-0.3, -0.25) is 9.78 Å². The highest BCUT2D eigenvalue weighted by Gasteiger charge is 2.28. The van der Waals surface area contributed by atoms with Gasteiger partial charge in [-0.2, -0.15) is 0 Å². The van der Waals surface area contributed by atoms with Crippen LogP contribution >= 0.6 is 11.6 Å². The summed E-state index contributed by atoms with van der Waals surface area (Å²) in [7, 11) is 0. The fourth-order valence-corrected chi connectivity index (χ4v) is 3.10.